The third-order valence-electron chi connectivity index (χ3n) is 6.11. The van der Waals surface area contributed by atoms with Crippen LogP contribution >= 0.6 is 11.6 Å². The summed E-state index contributed by atoms with van der Waals surface area (Å²) in [4.78, 5) is 28.2. The molecule has 0 bridgehead atoms. The number of Topliss-reactive ketones (excluding diaryl/α,β-unsaturated/α-hetero) is 1. The highest BCUT2D eigenvalue weighted by Crippen LogP contribution is 2.44. The number of aliphatic hydroxyl groups excluding tert-OH is 1. The molecule has 7 heteroatoms. The number of aliphatic hydroxyl groups is 1. The molecule has 1 fully saturated rings. The van der Waals surface area contributed by atoms with Gasteiger partial charge in [0, 0.05) is 11.3 Å². The van der Waals surface area contributed by atoms with Crippen LogP contribution in [0.25, 0.3) is 5.76 Å². The molecule has 0 radical (unpaired) electrons. The van der Waals surface area contributed by atoms with Crippen LogP contribution in [0.15, 0.2) is 66.2 Å². The monoisotopic (exact) mass is 477 g/mol. The van der Waals surface area contributed by atoms with Gasteiger partial charge in [0.25, 0.3) is 11.7 Å². The van der Waals surface area contributed by atoms with Gasteiger partial charge in [-0.25, -0.2) is 0 Å². The van der Waals surface area contributed by atoms with Gasteiger partial charge in [-0.1, -0.05) is 35.9 Å². The lowest BCUT2D eigenvalue weighted by Crippen LogP contribution is -2.30. The second kappa shape index (κ2) is 9.23. The van der Waals surface area contributed by atoms with Crippen LogP contribution < -0.4 is 14.4 Å². The molecule has 174 valence electrons. The summed E-state index contributed by atoms with van der Waals surface area (Å²) < 4.78 is 10.6. The van der Waals surface area contributed by atoms with Crippen molar-refractivity contribution in [3.63, 3.8) is 0 Å². The van der Waals surface area contributed by atoms with Gasteiger partial charge in [0.15, 0.2) is 0 Å². The van der Waals surface area contributed by atoms with Crippen LogP contribution in [-0.4, -0.2) is 31.0 Å². The van der Waals surface area contributed by atoms with Crippen LogP contribution in [0.5, 0.6) is 11.5 Å². The van der Waals surface area contributed by atoms with Crippen molar-refractivity contribution >= 4 is 34.7 Å². The number of nitrogens with zero attached hydrogens (tertiary/aromatic N) is 1. The molecule has 1 aliphatic rings. The first-order valence-corrected chi connectivity index (χ1v) is 11.0. The highest BCUT2D eigenvalue weighted by molar-refractivity contribution is 6.51. The van der Waals surface area contributed by atoms with E-state index in [1.807, 2.05) is 26.0 Å². The van der Waals surface area contributed by atoms with E-state index in [4.69, 9.17) is 21.1 Å². The smallest absolute Gasteiger partial charge is 0.300 e. The van der Waals surface area contributed by atoms with Crippen LogP contribution in [0.2, 0.25) is 5.02 Å². The third kappa shape index (κ3) is 3.90. The molecule has 1 aliphatic heterocycles. The number of hydrogen-bond acceptors (Lipinski definition) is 5. The minimum Gasteiger partial charge on any atom is -0.507 e. The number of ketones is 1. The van der Waals surface area contributed by atoms with Crippen molar-refractivity contribution in [1.29, 1.82) is 0 Å². The van der Waals surface area contributed by atoms with E-state index in [1.54, 1.807) is 49.6 Å². The predicted octanol–water partition coefficient (Wildman–Crippen LogP) is 5.60. The molecule has 1 unspecified atom stereocenters. The van der Waals surface area contributed by atoms with E-state index < -0.39 is 17.7 Å². The minimum absolute atomic E-state index is 0.0274. The number of rotatable bonds is 5. The first-order valence-electron chi connectivity index (χ1n) is 10.6. The lowest BCUT2D eigenvalue weighted by atomic mass is 9.94. The number of aryl methyl sites for hydroxylation is 1. The number of anilines is 1. The summed E-state index contributed by atoms with van der Waals surface area (Å²) in [7, 11) is 3.03. The number of hydrogen-bond donors (Lipinski definition) is 1. The normalized spacial score (nSPS) is 17.2. The Morgan fingerprint density at radius 2 is 1.71 bits per heavy atom. The predicted molar refractivity (Wildman–Crippen MR) is 132 cm³/mol. The highest BCUT2D eigenvalue weighted by Gasteiger charge is 2.47. The Labute approximate surface area is 203 Å². The lowest BCUT2D eigenvalue weighted by Gasteiger charge is -2.27. The Morgan fingerprint density at radius 3 is 2.38 bits per heavy atom. The van der Waals surface area contributed by atoms with Gasteiger partial charge in [-0.3, -0.25) is 14.5 Å². The number of amides is 1. The second-order valence-corrected chi connectivity index (χ2v) is 8.42. The number of carbonyl (C=O) groups excluding carboxylic acids is 2. The Kier molecular flexibility index (Phi) is 6.35. The van der Waals surface area contributed by atoms with Gasteiger partial charge in [-0.15, -0.1) is 0 Å². The van der Waals surface area contributed by atoms with Gasteiger partial charge in [0.2, 0.25) is 0 Å². The summed E-state index contributed by atoms with van der Waals surface area (Å²) in [5.74, 6) is -0.820. The fourth-order valence-corrected chi connectivity index (χ4v) is 4.43. The zero-order valence-electron chi connectivity index (χ0n) is 19.3. The summed E-state index contributed by atoms with van der Waals surface area (Å²) >= 11 is 6.26. The summed E-state index contributed by atoms with van der Waals surface area (Å²) in [6.45, 7) is 3.84. The van der Waals surface area contributed by atoms with Gasteiger partial charge < -0.3 is 14.6 Å². The van der Waals surface area contributed by atoms with E-state index in [0.29, 0.717) is 28.3 Å². The molecule has 1 N–H and O–H groups in total. The molecule has 1 amide bonds. The van der Waals surface area contributed by atoms with E-state index in [-0.39, 0.29) is 16.4 Å². The first-order chi connectivity index (χ1) is 16.3. The summed E-state index contributed by atoms with van der Waals surface area (Å²) in [5.41, 5.74) is 3.34. The maximum atomic E-state index is 13.4. The van der Waals surface area contributed by atoms with Gasteiger partial charge in [-0.2, -0.15) is 0 Å². The quantitative estimate of drug-likeness (QED) is 0.294. The number of methoxy groups -OCH3 is 2. The molecule has 0 aromatic heterocycles. The van der Waals surface area contributed by atoms with E-state index in [9.17, 15) is 14.7 Å². The number of halogens is 1. The standard InChI is InChI=1S/C27H24ClNO5/c1-15-7-5-10-21(16(15)2)29-24(17-8-6-9-19(13-17)33-3)23(26(31)27(29)32)25(30)18-11-12-22(34-4)20(28)14-18/h5-14,24,30H,1-4H3/b25-23+. The van der Waals surface area contributed by atoms with Crippen LogP contribution in [0.1, 0.15) is 28.3 Å². The van der Waals surface area contributed by atoms with Crippen molar-refractivity contribution in [3.8, 4) is 11.5 Å². The second-order valence-electron chi connectivity index (χ2n) is 8.01. The molecule has 1 heterocycles. The first kappa shape index (κ1) is 23.4. The van der Waals surface area contributed by atoms with E-state index in [1.165, 1.54) is 18.1 Å². The lowest BCUT2D eigenvalue weighted by molar-refractivity contribution is -0.132. The fourth-order valence-electron chi connectivity index (χ4n) is 4.17. The summed E-state index contributed by atoms with van der Waals surface area (Å²) in [5, 5.41) is 11.6. The third-order valence-corrected chi connectivity index (χ3v) is 6.41. The average molecular weight is 478 g/mol. The molecule has 1 atom stereocenters. The maximum absolute atomic E-state index is 13.4. The molecule has 3 aromatic rings. The fraction of sp³-hybridized carbons (Fsp3) is 0.185. The van der Waals surface area contributed by atoms with Crippen molar-refractivity contribution in [3.05, 3.63) is 93.5 Å². The Morgan fingerprint density at radius 1 is 0.971 bits per heavy atom. The van der Waals surface area contributed by atoms with Crippen molar-refractivity contribution in [1.82, 2.24) is 0 Å². The van der Waals surface area contributed by atoms with Crippen LogP contribution in [0, 0.1) is 13.8 Å². The number of carbonyl (C=O) groups is 2. The topological polar surface area (TPSA) is 76.1 Å². The van der Waals surface area contributed by atoms with Crippen molar-refractivity contribution in [2.45, 2.75) is 19.9 Å². The van der Waals surface area contributed by atoms with Crippen molar-refractivity contribution < 1.29 is 24.2 Å². The molecule has 0 saturated carbocycles. The van der Waals surface area contributed by atoms with Crippen molar-refractivity contribution in [2.24, 2.45) is 0 Å². The molecule has 34 heavy (non-hydrogen) atoms. The largest absolute Gasteiger partial charge is 0.507 e. The average Bonchev–Trinajstić information content (AvgIpc) is 3.10. The minimum atomic E-state index is -0.864. The molecular weight excluding hydrogens is 454 g/mol. The van der Waals surface area contributed by atoms with Crippen LogP contribution in [0.4, 0.5) is 5.69 Å². The van der Waals surface area contributed by atoms with E-state index in [2.05, 4.69) is 0 Å². The molecule has 3 aromatic carbocycles. The maximum Gasteiger partial charge on any atom is 0.300 e. The molecule has 1 saturated heterocycles. The Bertz CT molecular complexity index is 1330. The number of ether oxygens (including phenoxy) is 2. The van der Waals surface area contributed by atoms with Gasteiger partial charge in [0.05, 0.1) is 30.9 Å². The van der Waals surface area contributed by atoms with E-state index in [0.717, 1.165) is 11.1 Å². The van der Waals surface area contributed by atoms with Crippen molar-refractivity contribution in [2.75, 3.05) is 19.1 Å². The van der Waals surface area contributed by atoms with E-state index >= 15 is 0 Å². The summed E-state index contributed by atoms with van der Waals surface area (Å²) in [6, 6.07) is 16.5. The molecule has 0 aliphatic carbocycles. The van der Waals surface area contributed by atoms with Gasteiger partial charge in [-0.05, 0) is 66.9 Å². The molecule has 4 rings (SSSR count). The van der Waals surface area contributed by atoms with Crippen LogP contribution in [-0.2, 0) is 9.59 Å². The molecular formula is C27H24ClNO5. The van der Waals surface area contributed by atoms with Crippen LogP contribution in [0.3, 0.4) is 0 Å². The van der Waals surface area contributed by atoms with Gasteiger partial charge >= 0.3 is 0 Å². The zero-order valence-corrected chi connectivity index (χ0v) is 20.0. The molecule has 0 spiro atoms. The summed E-state index contributed by atoms with van der Waals surface area (Å²) in [6.07, 6.45) is 0. The van der Waals surface area contributed by atoms with Gasteiger partial charge in [0.1, 0.15) is 17.3 Å². The highest BCUT2D eigenvalue weighted by atomic mass is 35.5. The number of benzene rings is 3. The Hall–Kier alpha value is -3.77. The Balaban J connectivity index is 1.98. The molecule has 6 nitrogen and oxygen atoms in total. The zero-order chi connectivity index (χ0) is 24.6. The SMILES string of the molecule is COc1cccc(C2/C(=C(\O)c3ccc(OC)c(Cl)c3)C(=O)C(=O)N2c2cccc(C)c2C)c1.